The van der Waals surface area contributed by atoms with Gasteiger partial charge in [-0.25, -0.2) is 4.98 Å². The van der Waals surface area contributed by atoms with Gasteiger partial charge in [0.05, 0.1) is 29.5 Å². The smallest absolute Gasteiger partial charge is 0.314 e. The molecule has 0 saturated carbocycles. The highest BCUT2D eigenvalue weighted by Gasteiger charge is 2.34. The number of nitrogens with zero attached hydrogens (tertiary/aromatic N) is 5. The first-order chi connectivity index (χ1) is 12.1. The number of carbonyl (C=O) groups excluding carboxylic acids is 1. The second-order valence-electron chi connectivity index (χ2n) is 5.33. The van der Waals surface area contributed by atoms with Gasteiger partial charge in [0.2, 0.25) is 0 Å². The quantitative estimate of drug-likeness (QED) is 0.653. The minimum atomic E-state index is -0.769. The van der Waals surface area contributed by atoms with Gasteiger partial charge in [-0.05, 0) is 12.1 Å². The zero-order chi connectivity index (χ0) is 17.4. The zero-order valence-corrected chi connectivity index (χ0v) is 12.9. The van der Waals surface area contributed by atoms with Gasteiger partial charge in [0.25, 0.3) is 5.91 Å². The number of amides is 1. The average Bonchev–Trinajstić information content (AvgIpc) is 3.02. The van der Waals surface area contributed by atoms with Crippen LogP contribution in [0.1, 0.15) is 22.3 Å². The summed E-state index contributed by atoms with van der Waals surface area (Å²) in [5, 5.41) is 12.9. The third-order valence-electron chi connectivity index (χ3n) is 3.83. The van der Waals surface area contributed by atoms with Gasteiger partial charge in [0, 0.05) is 12.4 Å². The largest absolute Gasteiger partial charge is 0.479 e. The highest BCUT2D eigenvalue weighted by molar-refractivity contribution is 5.99. The molecule has 0 radical (unpaired) electrons. The molecule has 124 valence electrons. The van der Waals surface area contributed by atoms with Crippen molar-refractivity contribution in [2.24, 2.45) is 5.73 Å². The van der Waals surface area contributed by atoms with E-state index in [1.807, 2.05) is 24.3 Å². The monoisotopic (exact) mass is 335 g/mol. The molecule has 4 rings (SSSR count). The first kappa shape index (κ1) is 14.8. The minimum absolute atomic E-state index is 0.0834. The normalized spacial score (nSPS) is 15.5. The molecule has 1 aliphatic rings. The molecule has 1 unspecified atom stereocenters. The van der Waals surface area contributed by atoms with E-state index in [1.165, 1.54) is 6.20 Å². The van der Waals surface area contributed by atoms with E-state index >= 15 is 0 Å². The third-order valence-corrected chi connectivity index (χ3v) is 3.83. The summed E-state index contributed by atoms with van der Waals surface area (Å²) in [6, 6.07) is 7.04. The number of para-hydroxylation sites is 2. The molecule has 3 aromatic rings. The van der Waals surface area contributed by atoms with Crippen LogP contribution in [0.5, 0.6) is 6.01 Å². The highest BCUT2D eigenvalue weighted by atomic mass is 16.3. The number of nitrogens with two attached hydrogens (primary N) is 1. The number of hydrogen-bond acceptors (Lipinski definition) is 8. The van der Waals surface area contributed by atoms with Crippen molar-refractivity contribution in [3.8, 4) is 6.01 Å². The van der Waals surface area contributed by atoms with Crippen molar-refractivity contribution in [3.63, 3.8) is 0 Å². The molecule has 0 fully saturated rings. The van der Waals surface area contributed by atoms with Crippen molar-refractivity contribution in [1.82, 2.24) is 19.9 Å². The number of nitrogens with one attached hydrogen (secondary N) is 1. The molecule has 0 spiro atoms. The number of rotatable bonds is 3. The molecule has 1 amide bonds. The Morgan fingerprint density at radius 1 is 1.16 bits per heavy atom. The Bertz CT molecular complexity index is 948. The Morgan fingerprint density at radius 2 is 2.00 bits per heavy atom. The van der Waals surface area contributed by atoms with Gasteiger partial charge in [0.15, 0.2) is 5.69 Å². The highest BCUT2D eigenvalue weighted by Crippen LogP contribution is 2.45. The van der Waals surface area contributed by atoms with Gasteiger partial charge in [-0.3, -0.25) is 14.8 Å². The summed E-state index contributed by atoms with van der Waals surface area (Å²) in [6.07, 6.45) is 5.71. The number of aromatic hydroxyl groups is 1. The fourth-order valence-corrected chi connectivity index (χ4v) is 2.81. The van der Waals surface area contributed by atoms with E-state index in [2.05, 4.69) is 25.3 Å². The topological polar surface area (TPSA) is 130 Å². The zero-order valence-electron chi connectivity index (χ0n) is 12.9. The summed E-state index contributed by atoms with van der Waals surface area (Å²) in [6.45, 7) is 0. The fourth-order valence-electron chi connectivity index (χ4n) is 2.81. The molecular formula is C16H13N7O2. The number of aromatic nitrogens is 4. The molecule has 3 heterocycles. The van der Waals surface area contributed by atoms with Gasteiger partial charge < -0.3 is 21.1 Å². The summed E-state index contributed by atoms with van der Waals surface area (Å²) in [7, 11) is 0. The van der Waals surface area contributed by atoms with Gasteiger partial charge in [-0.15, -0.1) is 0 Å². The maximum atomic E-state index is 11.8. The predicted octanol–water partition coefficient (Wildman–Crippen LogP) is 1.33. The Labute approximate surface area is 142 Å². The number of fused-ring (bicyclic) bond motifs is 1. The Balaban J connectivity index is 1.92. The van der Waals surface area contributed by atoms with E-state index in [-0.39, 0.29) is 5.69 Å². The first-order valence-corrected chi connectivity index (χ1v) is 7.41. The molecule has 0 aliphatic carbocycles. The van der Waals surface area contributed by atoms with E-state index in [4.69, 9.17) is 5.73 Å². The SMILES string of the molecule is NC(=O)c1nc(O)ncc1N1c2ccccc2NC1c1cnccn1. The van der Waals surface area contributed by atoms with Crippen molar-refractivity contribution in [2.75, 3.05) is 10.2 Å². The molecule has 1 atom stereocenters. The predicted molar refractivity (Wildman–Crippen MR) is 89.2 cm³/mol. The molecule has 1 aromatic carbocycles. The lowest BCUT2D eigenvalue weighted by Crippen LogP contribution is -2.28. The minimum Gasteiger partial charge on any atom is -0.479 e. The van der Waals surface area contributed by atoms with Crippen molar-refractivity contribution < 1.29 is 9.90 Å². The molecule has 4 N–H and O–H groups in total. The van der Waals surface area contributed by atoms with Crippen LogP contribution in [0.25, 0.3) is 0 Å². The lowest BCUT2D eigenvalue weighted by atomic mass is 10.2. The Morgan fingerprint density at radius 3 is 2.76 bits per heavy atom. The van der Waals surface area contributed by atoms with Crippen molar-refractivity contribution in [3.05, 3.63) is 60.4 Å². The number of hydrogen-bond donors (Lipinski definition) is 3. The van der Waals surface area contributed by atoms with E-state index in [0.29, 0.717) is 11.4 Å². The summed E-state index contributed by atoms with van der Waals surface area (Å²) in [4.78, 5) is 29.7. The average molecular weight is 335 g/mol. The molecule has 9 nitrogen and oxygen atoms in total. The van der Waals surface area contributed by atoms with Crippen molar-refractivity contribution in [2.45, 2.75) is 6.17 Å². The number of benzene rings is 1. The molecule has 2 aromatic heterocycles. The molecule has 9 heteroatoms. The van der Waals surface area contributed by atoms with Crippen LogP contribution in [0.2, 0.25) is 0 Å². The van der Waals surface area contributed by atoms with Crippen LogP contribution in [0.15, 0.2) is 49.1 Å². The van der Waals surface area contributed by atoms with Gasteiger partial charge in [-0.2, -0.15) is 4.98 Å². The van der Waals surface area contributed by atoms with E-state index in [9.17, 15) is 9.90 Å². The maximum absolute atomic E-state index is 11.8. The Hall–Kier alpha value is -3.75. The maximum Gasteiger partial charge on any atom is 0.314 e. The number of anilines is 3. The number of carbonyl (C=O) groups is 1. The first-order valence-electron chi connectivity index (χ1n) is 7.41. The van der Waals surface area contributed by atoms with Crippen LogP contribution >= 0.6 is 0 Å². The van der Waals surface area contributed by atoms with Crippen molar-refractivity contribution in [1.29, 1.82) is 0 Å². The van der Waals surface area contributed by atoms with Crippen LogP contribution in [0.4, 0.5) is 17.1 Å². The molecule has 0 bridgehead atoms. The van der Waals surface area contributed by atoms with Gasteiger partial charge in [-0.1, -0.05) is 12.1 Å². The third kappa shape index (κ3) is 2.47. The van der Waals surface area contributed by atoms with E-state index in [0.717, 1.165) is 11.4 Å². The van der Waals surface area contributed by atoms with Crippen LogP contribution in [0.3, 0.4) is 0 Å². The van der Waals surface area contributed by atoms with E-state index < -0.39 is 18.1 Å². The van der Waals surface area contributed by atoms with Gasteiger partial charge >= 0.3 is 6.01 Å². The fraction of sp³-hybridized carbons (Fsp3) is 0.0625. The van der Waals surface area contributed by atoms with E-state index in [1.54, 1.807) is 23.5 Å². The van der Waals surface area contributed by atoms with Crippen LogP contribution in [0, 0.1) is 0 Å². The van der Waals surface area contributed by atoms with Crippen LogP contribution in [-0.2, 0) is 0 Å². The van der Waals surface area contributed by atoms with Gasteiger partial charge in [0.1, 0.15) is 11.9 Å². The summed E-state index contributed by atoms with van der Waals surface area (Å²) >= 11 is 0. The summed E-state index contributed by atoms with van der Waals surface area (Å²) < 4.78 is 0. The summed E-state index contributed by atoms with van der Waals surface area (Å²) in [5.41, 5.74) is 8.01. The Kier molecular flexibility index (Phi) is 3.38. The summed E-state index contributed by atoms with van der Waals surface area (Å²) in [5.74, 6) is -0.769. The lowest BCUT2D eigenvalue weighted by Gasteiger charge is -2.26. The number of primary amides is 1. The molecule has 0 saturated heterocycles. The lowest BCUT2D eigenvalue weighted by molar-refractivity contribution is 0.0995. The second-order valence-corrected chi connectivity index (χ2v) is 5.33. The van der Waals surface area contributed by atoms with Crippen molar-refractivity contribution >= 4 is 23.0 Å². The second kappa shape index (κ2) is 5.71. The van der Waals surface area contributed by atoms with Crippen LogP contribution in [-0.4, -0.2) is 30.9 Å². The molecule has 1 aliphatic heterocycles. The molecular weight excluding hydrogens is 322 g/mol. The standard InChI is InChI=1S/C16H13N7O2/c17-14(24)13-12(8-20-16(25)22-13)23-11-4-2-1-3-9(11)21-15(23)10-7-18-5-6-19-10/h1-8,15,21H,(H2,17,24)(H,20,22,25). The van der Waals surface area contributed by atoms with Crippen LogP contribution < -0.4 is 16.0 Å². The molecule has 25 heavy (non-hydrogen) atoms.